The third-order valence-corrected chi connectivity index (χ3v) is 11.3. The molecule has 6 nitrogen and oxygen atoms in total. The molecule has 1 atom stereocenters. The Hall–Kier alpha value is -3.93. The summed E-state index contributed by atoms with van der Waals surface area (Å²) in [5.74, 6) is -0.981. The second-order valence-corrected chi connectivity index (χ2v) is 17.7. The molecule has 0 N–H and O–H groups in total. The van der Waals surface area contributed by atoms with Gasteiger partial charge in [0.2, 0.25) is 0 Å². The molecule has 0 aliphatic heterocycles. The van der Waals surface area contributed by atoms with Crippen molar-refractivity contribution in [3.63, 3.8) is 0 Å². The summed E-state index contributed by atoms with van der Waals surface area (Å²) in [6.07, 6.45) is 73.6. The van der Waals surface area contributed by atoms with Gasteiger partial charge >= 0.3 is 17.9 Å². The lowest BCUT2D eigenvalue weighted by molar-refractivity contribution is -0.167. The van der Waals surface area contributed by atoms with E-state index in [1.54, 1.807) is 0 Å². The summed E-state index contributed by atoms with van der Waals surface area (Å²) in [5, 5.41) is 0. The predicted molar refractivity (Wildman–Crippen MR) is 288 cm³/mol. The zero-order valence-corrected chi connectivity index (χ0v) is 43.4. The molecule has 0 spiro atoms. The van der Waals surface area contributed by atoms with Crippen LogP contribution in [0.1, 0.15) is 239 Å². The van der Waals surface area contributed by atoms with Crippen LogP contribution < -0.4 is 0 Å². The molecule has 0 aromatic carbocycles. The number of allylic oxidation sites excluding steroid dienone is 18. The van der Waals surface area contributed by atoms with Crippen molar-refractivity contribution in [3.05, 3.63) is 109 Å². The number of ether oxygens (including phenoxy) is 3. The van der Waals surface area contributed by atoms with E-state index in [0.29, 0.717) is 19.3 Å². The van der Waals surface area contributed by atoms with Crippen molar-refractivity contribution in [1.82, 2.24) is 0 Å². The Morgan fingerprint density at radius 2 is 0.582 bits per heavy atom. The van der Waals surface area contributed by atoms with Crippen LogP contribution in [-0.2, 0) is 28.6 Å². The summed E-state index contributed by atoms with van der Waals surface area (Å²) < 4.78 is 16.8. The molecule has 67 heavy (non-hydrogen) atoms. The van der Waals surface area contributed by atoms with Gasteiger partial charge in [0.1, 0.15) is 13.2 Å². The maximum atomic E-state index is 12.8. The first-order chi connectivity index (χ1) is 33.0. The van der Waals surface area contributed by atoms with Crippen molar-refractivity contribution in [2.45, 2.75) is 245 Å². The Bertz CT molecular complexity index is 1390. The first kappa shape index (κ1) is 63.1. The van der Waals surface area contributed by atoms with Crippen LogP contribution in [-0.4, -0.2) is 37.2 Å². The van der Waals surface area contributed by atoms with Crippen LogP contribution in [0.15, 0.2) is 109 Å². The lowest BCUT2D eigenvalue weighted by atomic mass is 10.0. The van der Waals surface area contributed by atoms with Gasteiger partial charge in [0.25, 0.3) is 0 Å². The maximum Gasteiger partial charge on any atom is 0.306 e. The third kappa shape index (κ3) is 52.9. The highest BCUT2D eigenvalue weighted by molar-refractivity contribution is 5.71. The molecule has 0 saturated heterocycles. The number of carbonyl (C=O) groups excluding carboxylic acids is 3. The molecule has 0 amide bonds. The number of hydrogen-bond donors (Lipinski definition) is 0. The van der Waals surface area contributed by atoms with Gasteiger partial charge < -0.3 is 14.2 Å². The summed E-state index contributed by atoms with van der Waals surface area (Å²) in [5.41, 5.74) is 0. The zero-order chi connectivity index (χ0) is 48.6. The second kappa shape index (κ2) is 54.7. The van der Waals surface area contributed by atoms with E-state index in [1.807, 2.05) is 0 Å². The predicted octanol–water partition coefficient (Wildman–Crippen LogP) is 18.3. The van der Waals surface area contributed by atoms with E-state index in [1.165, 1.54) is 77.0 Å². The molecule has 0 aliphatic carbocycles. The summed E-state index contributed by atoms with van der Waals surface area (Å²) in [6.45, 7) is 6.35. The van der Waals surface area contributed by atoms with Crippen molar-refractivity contribution in [1.29, 1.82) is 0 Å². The topological polar surface area (TPSA) is 78.9 Å². The molecule has 6 heteroatoms. The molecule has 0 heterocycles. The Labute approximate surface area is 412 Å². The molecule has 0 aromatic heterocycles. The molecule has 0 aromatic rings. The van der Waals surface area contributed by atoms with Gasteiger partial charge in [-0.05, 0) is 103 Å². The lowest BCUT2D eigenvalue weighted by Crippen LogP contribution is -2.30. The van der Waals surface area contributed by atoms with Crippen molar-refractivity contribution in [2.75, 3.05) is 13.2 Å². The Morgan fingerprint density at radius 3 is 0.940 bits per heavy atom. The van der Waals surface area contributed by atoms with Gasteiger partial charge in [0.05, 0.1) is 0 Å². The monoisotopic (exact) mass is 929 g/mol. The van der Waals surface area contributed by atoms with Gasteiger partial charge in [-0.2, -0.15) is 0 Å². The minimum atomic E-state index is -0.814. The number of carbonyl (C=O) groups is 3. The van der Waals surface area contributed by atoms with E-state index < -0.39 is 6.10 Å². The second-order valence-electron chi connectivity index (χ2n) is 17.7. The van der Waals surface area contributed by atoms with Crippen molar-refractivity contribution >= 4 is 17.9 Å². The summed E-state index contributed by atoms with van der Waals surface area (Å²) in [6, 6.07) is 0. The first-order valence-electron chi connectivity index (χ1n) is 27.4. The maximum absolute atomic E-state index is 12.8. The van der Waals surface area contributed by atoms with E-state index in [4.69, 9.17) is 14.2 Å². The normalized spacial score (nSPS) is 12.9. The fourth-order valence-corrected chi connectivity index (χ4v) is 7.22. The summed E-state index contributed by atoms with van der Waals surface area (Å²) >= 11 is 0. The van der Waals surface area contributed by atoms with Gasteiger partial charge in [0, 0.05) is 19.3 Å². The van der Waals surface area contributed by atoms with Crippen LogP contribution in [0.2, 0.25) is 0 Å². The van der Waals surface area contributed by atoms with Crippen molar-refractivity contribution in [2.24, 2.45) is 0 Å². The SMILES string of the molecule is CC/C=C\C/C=C\C/C=C\C/C=C\C/C=C\CCCCCC(=O)OCC(COC(=O)CCCCCCCCCCCCCCCCC)OC(=O)CCCC/C=C\C/C=C\C/C=C\C/C=C\CC. The van der Waals surface area contributed by atoms with Gasteiger partial charge in [0.15, 0.2) is 6.10 Å². The minimum Gasteiger partial charge on any atom is -0.462 e. The minimum absolute atomic E-state index is 0.105. The van der Waals surface area contributed by atoms with E-state index in [0.717, 1.165) is 116 Å². The van der Waals surface area contributed by atoms with Crippen LogP contribution >= 0.6 is 0 Å². The van der Waals surface area contributed by atoms with Crippen LogP contribution in [0, 0.1) is 0 Å². The Balaban J connectivity index is 4.51. The Kier molecular flexibility index (Phi) is 51.5. The average Bonchev–Trinajstić information content (AvgIpc) is 3.33. The zero-order valence-electron chi connectivity index (χ0n) is 43.4. The smallest absolute Gasteiger partial charge is 0.306 e. The van der Waals surface area contributed by atoms with Crippen LogP contribution in [0.3, 0.4) is 0 Å². The molecule has 0 aliphatic rings. The van der Waals surface area contributed by atoms with Crippen LogP contribution in [0.4, 0.5) is 0 Å². The number of unbranched alkanes of at least 4 members (excludes halogenated alkanes) is 19. The van der Waals surface area contributed by atoms with Crippen molar-refractivity contribution in [3.8, 4) is 0 Å². The van der Waals surface area contributed by atoms with Gasteiger partial charge in [-0.15, -0.1) is 0 Å². The summed E-state index contributed by atoms with van der Waals surface area (Å²) in [4.78, 5) is 38.1. The van der Waals surface area contributed by atoms with Crippen molar-refractivity contribution < 1.29 is 28.6 Å². The largest absolute Gasteiger partial charge is 0.462 e. The molecule has 0 fully saturated rings. The third-order valence-electron chi connectivity index (χ3n) is 11.3. The first-order valence-corrected chi connectivity index (χ1v) is 27.4. The molecule has 0 radical (unpaired) electrons. The van der Waals surface area contributed by atoms with E-state index in [9.17, 15) is 14.4 Å². The van der Waals surface area contributed by atoms with Gasteiger partial charge in [-0.1, -0.05) is 226 Å². The van der Waals surface area contributed by atoms with Gasteiger partial charge in [-0.3, -0.25) is 14.4 Å². The Morgan fingerprint density at radius 1 is 0.313 bits per heavy atom. The number of esters is 3. The highest BCUT2D eigenvalue weighted by Crippen LogP contribution is 2.15. The molecule has 0 rings (SSSR count). The standard InChI is InChI=1S/C61H100O6/c1-4-7-10-13-16-19-22-25-28-29-30-31-34-36-39-42-45-48-51-54-60(63)66-57-58(67-61(64)55-52-49-46-43-40-37-33-27-24-21-18-15-12-9-6-3)56-65-59(62)53-50-47-44-41-38-35-32-26-23-20-17-14-11-8-5-2/h7,9-10,12,16,18-19,21,25,27-28,30-31,33,36,39-40,43,58H,4-6,8,11,13-15,17,20,22-24,26,29,32,34-35,37-38,41-42,44-57H2,1-3H3/b10-7-,12-9-,19-16-,21-18-,28-25-,31-30-,33-27-,39-36-,43-40-. The average molecular weight is 929 g/mol. The molecule has 0 saturated carbocycles. The molecular weight excluding hydrogens is 829 g/mol. The fourth-order valence-electron chi connectivity index (χ4n) is 7.22. The van der Waals surface area contributed by atoms with Crippen LogP contribution in [0.25, 0.3) is 0 Å². The molecule has 380 valence electrons. The molecule has 1 unspecified atom stereocenters. The highest BCUT2D eigenvalue weighted by Gasteiger charge is 2.19. The lowest BCUT2D eigenvalue weighted by Gasteiger charge is -2.18. The van der Waals surface area contributed by atoms with Gasteiger partial charge in [-0.25, -0.2) is 0 Å². The fraction of sp³-hybridized carbons (Fsp3) is 0.656. The summed E-state index contributed by atoms with van der Waals surface area (Å²) in [7, 11) is 0. The highest BCUT2D eigenvalue weighted by atomic mass is 16.6. The molecule has 0 bridgehead atoms. The number of hydrogen-bond acceptors (Lipinski definition) is 6. The van der Waals surface area contributed by atoms with Crippen LogP contribution in [0.5, 0.6) is 0 Å². The van der Waals surface area contributed by atoms with E-state index >= 15 is 0 Å². The number of rotatable bonds is 48. The van der Waals surface area contributed by atoms with E-state index in [2.05, 4.69) is 130 Å². The quantitative estimate of drug-likeness (QED) is 0.0262. The van der Waals surface area contributed by atoms with E-state index in [-0.39, 0.29) is 37.5 Å². The molecular formula is C61H100O6.